The van der Waals surface area contributed by atoms with Gasteiger partial charge < -0.3 is 15.7 Å². The predicted octanol–water partition coefficient (Wildman–Crippen LogP) is 2.76. The molecule has 3 N–H and O–H groups in total. The van der Waals surface area contributed by atoms with Gasteiger partial charge in [0.2, 0.25) is 0 Å². The Morgan fingerprint density at radius 1 is 1.17 bits per heavy atom. The van der Waals surface area contributed by atoms with Crippen molar-refractivity contribution >= 4 is 41.7 Å². The third-order valence-electron chi connectivity index (χ3n) is 5.18. The summed E-state index contributed by atoms with van der Waals surface area (Å²) in [5.41, 5.74) is 1.06. The molecular formula is C18H28IN3OS. The Kier molecular flexibility index (Phi) is 7.24. The van der Waals surface area contributed by atoms with Crippen LogP contribution in [0.15, 0.2) is 35.3 Å². The summed E-state index contributed by atoms with van der Waals surface area (Å²) in [5.74, 6) is 2.64. The number of nitrogens with zero attached hydrogens (tertiary/aromatic N) is 1. The fourth-order valence-corrected chi connectivity index (χ4v) is 4.72. The van der Waals surface area contributed by atoms with E-state index in [1.165, 1.54) is 24.8 Å². The molecule has 1 saturated carbocycles. The van der Waals surface area contributed by atoms with Gasteiger partial charge in [-0.05, 0) is 30.6 Å². The van der Waals surface area contributed by atoms with Gasteiger partial charge in [0, 0.05) is 31.3 Å². The van der Waals surface area contributed by atoms with Gasteiger partial charge in [0.25, 0.3) is 0 Å². The van der Waals surface area contributed by atoms with Gasteiger partial charge in [0.1, 0.15) is 0 Å². The van der Waals surface area contributed by atoms with Crippen molar-refractivity contribution in [1.82, 2.24) is 10.6 Å². The molecule has 0 amide bonds. The van der Waals surface area contributed by atoms with E-state index in [1.807, 2.05) is 11.8 Å². The lowest BCUT2D eigenvalue weighted by atomic mass is 9.64. The van der Waals surface area contributed by atoms with Gasteiger partial charge in [0.05, 0.1) is 5.60 Å². The van der Waals surface area contributed by atoms with Crippen molar-refractivity contribution in [3.8, 4) is 0 Å². The molecule has 0 radical (unpaired) electrons. The number of guanidine groups is 1. The number of thioether (sulfide) groups is 1. The van der Waals surface area contributed by atoms with Gasteiger partial charge in [0.15, 0.2) is 5.96 Å². The lowest BCUT2D eigenvalue weighted by Crippen LogP contribution is -2.51. The number of aliphatic hydroxyl groups is 1. The predicted molar refractivity (Wildman–Crippen MR) is 114 cm³/mol. The smallest absolute Gasteiger partial charge is 0.191 e. The average Bonchev–Trinajstić information content (AvgIpc) is 2.97. The first-order valence-electron chi connectivity index (χ1n) is 8.46. The van der Waals surface area contributed by atoms with Gasteiger partial charge >= 0.3 is 0 Å². The van der Waals surface area contributed by atoms with Crippen LogP contribution in [0.4, 0.5) is 0 Å². The minimum atomic E-state index is -0.587. The van der Waals surface area contributed by atoms with Gasteiger partial charge in [-0.3, -0.25) is 4.99 Å². The second kappa shape index (κ2) is 8.76. The van der Waals surface area contributed by atoms with Crippen molar-refractivity contribution in [1.29, 1.82) is 0 Å². The zero-order chi connectivity index (χ0) is 16.2. The van der Waals surface area contributed by atoms with Crippen LogP contribution in [0.3, 0.4) is 0 Å². The molecule has 1 aliphatic carbocycles. The molecular weight excluding hydrogens is 433 g/mol. The molecule has 1 atom stereocenters. The number of nitrogens with one attached hydrogen (secondary N) is 2. The molecule has 2 aliphatic rings. The fraction of sp³-hybridized carbons (Fsp3) is 0.611. The van der Waals surface area contributed by atoms with Crippen molar-refractivity contribution in [3.05, 3.63) is 35.9 Å². The Balaban J connectivity index is 0.00000208. The molecule has 24 heavy (non-hydrogen) atoms. The standard InChI is InChI=1S/C18H27N3OS.HI/c1-19-16(21-13-18(22)10-11-23-14-18)20-12-17(8-5-9-17)15-6-3-2-4-7-15;/h2-4,6-7,22H,5,8-14H2,1H3,(H2,19,20,21);1H. The normalized spacial score (nSPS) is 25.5. The van der Waals surface area contributed by atoms with Crippen LogP contribution in [0.2, 0.25) is 0 Å². The van der Waals surface area contributed by atoms with E-state index in [0.717, 1.165) is 30.4 Å². The quantitative estimate of drug-likeness (QED) is 0.359. The van der Waals surface area contributed by atoms with E-state index >= 15 is 0 Å². The molecule has 1 aromatic carbocycles. The van der Waals surface area contributed by atoms with Gasteiger partial charge in [-0.1, -0.05) is 36.8 Å². The molecule has 0 aromatic heterocycles. The maximum Gasteiger partial charge on any atom is 0.191 e. The summed E-state index contributed by atoms with van der Waals surface area (Å²) in [6.07, 6.45) is 4.60. The van der Waals surface area contributed by atoms with Gasteiger partial charge in [-0.2, -0.15) is 11.8 Å². The molecule has 1 aliphatic heterocycles. The van der Waals surface area contributed by atoms with Crippen LogP contribution in [-0.2, 0) is 5.41 Å². The molecule has 2 fully saturated rings. The number of halogens is 1. The van der Waals surface area contributed by atoms with Gasteiger partial charge in [-0.25, -0.2) is 0 Å². The van der Waals surface area contributed by atoms with Crippen LogP contribution in [0, 0.1) is 0 Å². The third kappa shape index (κ3) is 4.58. The van der Waals surface area contributed by atoms with Crippen LogP contribution in [0.25, 0.3) is 0 Å². The summed E-state index contributed by atoms with van der Waals surface area (Å²) in [4.78, 5) is 4.31. The lowest BCUT2D eigenvalue weighted by molar-refractivity contribution is 0.0724. The fourth-order valence-electron chi connectivity index (χ4n) is 3.42. The Hall–Kier alpha value is -0.470. The van der Waals surface area contributed by atoms with Crippen molar-refractivity contribution in [2.75, 3.05) is 31.6 Å². The highest BCUT2D eigenvalue weighted by Crippen LogP contribution is 2.43. The van der Waals surface area contributed by atoms with Crippen molar-refractivity contribution in [3.63, 3.8) is 0 Å². The molecule has 1 aromatic rings. The minimum Gasteiger partial charge on any atom is -0.387 e. The maximum atomic E-state index is 10.4. The van der Waals surface area contributed by atoms with E-state index in [9.17, 15) is 5.11 Å². The summed E-state index contributed by atoms with van der Waals surface area (Å²) in [7, 11) is 1.79. The van der Waals surface area contributed by atoms with Crippen LogP contribution in [0.5, 0.6) is 0 Å². The van der Waals surface area contributed by atoms with Gasteiger partial charge in [-0.15, -0.1) is 24.0 Å². The number of hydrogen-bond donors (Lipinski definition) is 3. The topological polar surface area (TPSA) is 56.7 Å². The highest BCUT2D eigenvalue weighted by molar-refractivity contribution is 14.0. The van der Waals surface area contributed by atoms with Crippen molar-refractivity contribution in [2.45, 2.75) is 36.7 Å². The van der Waals surface area contributed by atoms with Crippen LogP contribution < -0.4 is 10.6 Å². The first kappa shape index (κ1) is 19.8. The molecule has 3 rings (SSSR count). The van der Waals surface area contributed by atoms with Crippen molar-refractivity contribution in [2.24, 2.45) is 4.99 Å². The highest BCUT2D eigenvalue weighted by atomic mass is 127. The largest absolute Gasteiger partial charge is 0.387 e. The third-order valence-corrected chi connectivity index (χ3v) is 6.42. The second-order valence-electron chi connectivity index (χ2n) is 6.81. The number of rotatable bonds is 5. The summed E-state index contributed by atoms with van der Waals surface area (Å²) >= 11 is 1.82. The molecule has 0 spiro atoms. The van der Waals surface area contributed by atoms with Crippen LogP contribution in [-0.4, -0.2) is 48.3 Å². The first-order valence-corrected chi connectivity index (χ1v) is 9.62. The molecule has 1 heterocycles. The summed E-state index contributed by atoms with van der Waals surface area (Å²) in [5, 5.41) is 17.2. The van der Waals surface area contributed by atoms with E-state index in [1.54, 1.807) is 7.05 Å². The Bertz CT molecular complexity index is 542. The Labute approximate surface area is 166 Å². The monoisotopic (exact) mass is 461 g/mol. The summed E-state index contributed by atoms with van der Waals surface area (Å²) in [6, 6.07) is 10.8. The maximum absolute atomic E-state index is 10.4. The molecule has 1 unspecified atom stereocenters. The SMILES string of the molecule is CN=C(NCC1(O)CCSC1)NCC1(c2ccccc2)CCC1.I. The van der Waals surface area contributed by atoms with E-state index in [0.29, 0.717) is 6.54 Å². The summed E-state index contributed by atoms with van der Waals surface area (Å²) in [6.45, 7) is 1.46. The zero-order valence-electron chi connectivity index (χ0n) is 14.3. The first-order chi connectivity index (χ1) is 11.2. The average molecular weight is 461 g/mol. The zero-order valence-corrected chi connectivity index (χ0v) is 17.4. The van der Waals surface area contributed by atoms with Crippen molar-refractivity contribution < 1.29 is 5.11 Å². The van der Waals surface area contributed by atoms with E-state index < -0.39 is 5.60 Å². The number of aliphatic imine (C=N–C) groups is 1. The van der Waals surface area contributed by atoms with E-state index in [-0.39, 0.29) is 29.4 Å². The molecule has 134 valence electrons. The summed E-state index contributed by atoms with van der Waals surface area (Å²) < 4.78 is 0. The highest BCUT2D eigenvalue weighted by Gasteiger charge is 2.38. The van der Waals surface area contributed by atoms with E-state index in [4.69, 9.17) is 0 Å². The molecule has 4 nitrogen and oxygen atoms in total. The Morgan fingerprint density at radius 2 is 1.88 bits per heavy atom. The minimum absolute atomic E-state index is 0. The van der Waals surface area contributed by atoms with Crippen LogP contribution in [0.1, 0.15) is 31.2 Å². The molecule has 1 saturated heterocycles. The lowest BCUT2D eigenvalue weighted by Gasteiger charge is -2.43. The molecule has 6 heteroatoms. The van der Waals surface area contributed by atoms with Crippen LogP contribution >= 0.6 is 35.7 Å². The Morgan fingerprint density at radius 3 is 2.42 bits per heavy atom. The molecule has 0 bridgehead atoms. The number of hydrogen-bond acceptors (Lipinski definition) is 3. The second-order valence-corrected chi connectivity index (χ2v) is 7.91. The van der Waals surface area contributed by atoms with E-state index in [2.05, 4.69) is 46.0 Å². The number of benzene rings is 1.